The highest BCUT2D eigenvalue weighted by Crippen LogP contribution is 2.29. The number of nitrogens with zero attached hydrogens (tertiary/aromatic N) is 2. The minimum Gasteiger partial charge on any atom is -0.490 e. The lowest BCUT2D eigenvalue weighted by molar-refractivity contribution is -0.384. The molecule has 8 heteroatoms. The molecule has 1 fully saturated rings. The molecule has 1 saturated heterocycles. The second-order valence-electron chi connectivity index (χ2n) is 6.08. The molecular weight excluding hydrogens is 341 g/mol. The van der Waals surface area contributed by atoms with Gasteiger partial charge >= 0.3 is 0 Å². The number of carbonyl (C=O) groups excluding carboxylic acids is 1. The molecule has 1 amide bonds. The summed E-state index contributed by atoms with van der Waals surface area (Å²) in [5.41, 5.74) is 5.94. The van der Waals surface area contributed by atoms with Gasteiger partial charge in [-0.1, -0.05) is 0 Å². The van der Waals surface area contributed by atoms with Gasteiger partial charge in [-0.15, -0.1) is 0 Å². The molecule has 2 aromatic carbocycles. The summed E-state index contributed by atoms with van der Waals surface area (Å²) in [6.45, 7) is 1.23. The first-order valence-electron chi connectivity index (χ1n) is 8.19. The van der Waals surface area contributed by atoms with Crippen LogP contribution in [0, 0.1) is 15.9 Å². The van der Waals surface area contributed by atoms with Gasteiger partial charge in [-0.2, -0.15) is 0 Å². The van der Waals surface area contributed by atoms with E-state index in [1.54, 1.807) is 18.2 Å². The van der Waals surface area contributed by atoms with Crippen molar-refractivity contribution in [1.82, 2.24) is 0 Å². The van der Waals surface area contributed by atoms with Crippen LogP contribution in [0.3, 0.4) is 0 Å². The van der Waals surface area contributed by atoms with Gasteiger partial charge in [0.05, 0.1) is 16.2 Å². The third-order valence-corrected chi connectivity index (χ3v) is 4.36. The second-order valence-corrected chi connectivity index (χ2v) is 6.08. The Labute approximate surface area is 149 Å². The lowest BCUT2D eigenvalue weighted by Gasteiger charge is -2.34. The zero-order chi connectivity index (χ0) is 18.7. The number of carbonyl (C=O) groups is 1. The van der Waals surface area contributed by atoms with Crippen molar-refractivity contribution in [3.63, 3.8) is 0 Å². The fourth-order valence-electron chi connectivity index (χ4n) is 3.03. The highest BCUT2D eigenvalue weighted by molar-refractivity contribution is 5.99. The van der Waals surface area contributed by atoms with E-state index in [-0.39, 0.29) is 23.2 Å². The predicted octanol–water partition coefficient (Wildman–Crippen LogP) is 2.88. The maximum absolute atomic E-state index is 12.9. The maximum Gasteiger partial charge on any atom is 0.270 e. The average Bonchev–Trinajstić information content (AvgIpc) is 2.63. The molecular formula is C18H18FN3O4. The summed E-state index contributed by atoms with van der Waals surface area (Å²) in [5.74, 6) is -0.407. The number of primary amides is 1. The van der Waals surface area contributed by atoms with Gasteiger partial charge in [-0.3, -0.25) is 14.9 Å². The smallest absolute Gasteiger partial charge is 0.270 e. The van der Waals surface area contributed by atoms with E-state index in [9.17, 15) is 19.3 Å². The first-order chi connectivity index (χ1) is 12.4. The number of piperidine rings is 1. The number of ether oxygens (including phenoxy) is 1. The summed E-state index contributed by atoms with van der Waals surface area (Å²) in [6.07, 6.45) is 1.38. The number of benzene rings is 2. The van der Waals surface area contributed by atoms with Crippen LogP contribution in [0.5, 0.6) is 5.75 Å². The second kappa shape index (κ2) is 7.38. The summed E-state index contributed by atoms with van der Waals surface area (Å²) < 4.78 is 18.8. The van der Waals surface area contributed by atoms with Gasteiger partial charge in [0.25, 0.3) is 11.6 Å². The largest absolute Gasteiger partial charge is 0.490 e. The Hall–Kier alpha value is -3.16. The average molecular weight is 359 g/mol. The highest BCUT2D eigenvalue weighted by atomic mass is 19.1. The van der Waals surface area contributed by atoms with E-state index in [4.69, 9.17) is 10.5 Å². The number of rotatable bonds is 5. The van der Waals surface area contributed by atoms with Gasteiger partial charge in [0.1, 0.15) is 17.7 Å². The Morgan fingerprint density at radius 2 is 1.85 bits per heavy atom. The Kier molecular flexibility index (Phi) is 5.01. The van der Waals surface area contributed by atoms with Crippen molar-refractivity contribution in [2.75, 3.05) is 18.0 Å². The molecule has 1 heterocycles. The quantitative estimate of drug-likeness (QED) is 0.654. The molecule has 0 aromatic heterocycles. The number of nitro groups is 1. The number of nitro benzene ring substituents is 1. The van der Waals surface area contributed by atoms with Crippen molar-refractivity contribution in [2.24, 2.45) is 5.73 Å². The Morgan fingerprint density at radius 3 is 2.42 bits per heavy atom. The molecule has 26 heavy (non-hydrogen) atoms. The summed E-state index contributed by atoms with van der Waals surface area (Å²) >= 11 is 0. The molecule has 0 aliphatic carbocycles. The lowest BCUT2D eigenvalue weighted by atomic mass is 10.0. The monoisotopic (exact) mass is 359 g/mol. The topological polar surface area (TPSA) is 98.7 Å². The van der Waals surface area contributed by atoms with Gasteiger partial charge in [-0.25, -0.2) is 4.39 Å². The van der Waals surface area contributed by atoms with E-state index in [0.29, 0.717) is 37.4 Å². The van der Waals surface area contributed by atoms with E-state index in [2.05, 4.69) is 0 Å². The summed E-state index contributed by atoms with van der Waals surface area (Å²) in [4.78, 5) is 24.0. The van der Waals surface area contributed by atoms with E-state index < -0.39 is 10.8 Å². The van der Waals surface area contributed by atoms with Crippen LogP contribution >= 0.6 is 0 Å². The lowest BCUT2D eigenvalue weighted by Crippen LogP contribution is -2.39. The zero-order valence-corrected chi connectivity index (χ0v) is 13.9. The van der Waals surface area contributed by atoms with Crippen molar-refractivity contribution in [1.29, 1.82) is 0 Å². The van der Waals surface area contributed by atoms with Crippen LogP contribution in [-0.4, -0.2) is 30.0 Å². The van der Waals surface area contributed by atoms with E-state index >= 15 is 0 Å². The number of hydrogen-bond acceptors (Lipinski definition) is 5. The van der Waals surface area contributed by atoms with Crippen molar-refractivity contribution in [2.45, 2.75) is 18.9 Å². The van der Waals surface area contributed by atoms with Crippen LogP contribution in [0.15, 0.2) is 42.5 Å². The molecule has 136 valence electrons. The standard InChI is InChI=1S/C18H18FN3O4/c19-12-1-4-14(5-2-12)26-15-7-9-21(10-8-15)17-6-3-13(22(24)25)11-16(17)18(20)23/h1-6,11,15H,7-10H2,(H2,20,23). The fraction of sp³-hybridized carbons (Fsp3) is 0.278. The molecule has 0 atom stereocenters. The van der Waals surface area contributed by atoms with E-state index in [1.807, 2.05) is 4.90 Å². The number of hydrogen-bond donors (Lipinski definition) is 1. The normalized spacial score (nSPS) is 14.9. The van der Waals surface area contributed by atoms with E-state index in [1.165, 1.54) is 24.3 Å². The van der Waals surface area contributed by atoms with Crippen molar-refractivity contribution < 1.29 is 18.8 Å². The van der Waals surface area contributed by atoms with Crippen molar-refractivity contribution in [3.05, 3.63) is 64.0 Å². The van der Waals surface area contributed by atoms with Crippen molar-refractivity contribution >= 4 is 17.3 Å². The van der Waals surface area contributed by atoms with Crippen LogP contribution in [0.1, 0.15) is 23.2 Å². The van der Waals surface area contributed by atoms with Gasteiger partial charge in [0.2, 0.25) is 0 Å². The van der Waals surface area contributed by atoms with Gasteiger partial charge in [0, 0.05) is 38.1 Å². The molecule has 0 radical (unpaired) electrons. The van der Waals surface area contributed by atoms with Gasteiger partial charge in [0.15, 0.2) is 0 Å². The van der Waals surface area contributed by atoms with Crippen molar-refractivity contribution in [3.8, 4) is 5.75 Å². The number of non-ortho nitro benzene ring substituents is 1. The molecule has 0 unspecified atom stereocenters. The summed E-state index contributed by atoms with van der Waals surface area (Å²) in [5, 5.41) is 10.9. The first-order valence-corrected chi connectivity index (χ1v) is 8.19. The number of nitrogens with two attached hydrogens (primary N) is 1. The fourth-order valence-corrected chi connectivity index (χ4v) is 3.03. The highest BCUT2D eigenvalue weighted by Gasteiger charge is 2.25. The van der Waals surface area contributed by atoms with Gasteiger partial charge in [-0.05, 0) is 30.3 Å². The van der Waals surface area contributed by atoms with Crippen LogP contribution in [-0.2, 0) is 0 Å². The van der Waals surface area contributed by atoms with Gasteiger partial charge < -0.3 is 15.4 Å². The Balaban J connectivity index is 1.68. The summed E-state index contributed by atoms with van der Waals surface area (Å²) in [6, 6.07) is 9.99. The molecule has 2 aromatic rings. The predicted molar refractivity (Wildman–Crippen MR) is 93.9 cm³/mol. The van der Waals surface area contributed by atoms with E-state index in [0.717, 1.165) is 0 Å². The molecule has 3 rings (SSSR count). The molecule has 0 spiro atoms. The number of amides is 1. The van der Waals surface area contributed by atoms with Crippen LogP contribution in [0.25, 0.3) is 0 Å². The minimum absolute atomic E-state index is 0.0215. The minimum atomic E-state index is -0.701. The van der Waals surface area contributed by atoms with Crippen LogP contribution in [0.4, 0.5) is 15.8 Å². The maximum atomic E-state index is 12.9. The van der Waals surface area contributed by atoms with Crippen LogP contribution < -0.4 is 15.4 Å². The molecule has 0 bridgehead atoms. The number of halogens is 1. The molecule has 7 nitrogen and oxygen atoms in total. The third-order valence-electron chi connectivity index (χ3n) is 4.36. The molecule has 1 aliphatic rings. The Morgan fingerprint density at radius 1 is 1.19 bits per heavy atom. The van der Waals surface area contributed by atoms with Crippen LogP contribution in [0.2, 0.25) is 0 Å². The number of anilines is 1. The molecule has 2 N–H and O–H groups in total. The molecule has 1 aliphatic heterocycles. The zero-order valence-electron chi connectivity index (χ0n) is 13.9. The summed E-state index contributed by atoms with van der Waals surface area (Å²) in [7, 11) is 0. The SMILES string of the molecule is NC(=O)c1cc([N+](=O)[O-])ccc1N1CCC(Oc2ccc(F)cc2)CC1. The Bertz CT molecular complexity index is 818. The first kappa shape index (κ1) is 17.7. The molecule has 0 saturated carbocycles. The third kappa shape index (κ3) is 3.90.